The standard InChI is InChI=1S/C22H24ClN5O/c1-13(14-5-4-6-15(24)7-14)21(29)27-20-8-16(18(23)11-25-20)17-10-26-28-12-22(2,3)9-19(17)28/h4-8,10-11,13H,9,12,24H2,1-3H3,(H,25,27,29). The van der Waals surface area contributed by atoms with E-state index in [-0.39, 0.29) is 17.2 Å². The average Bonchev–Trinajstić information content (AvgIpc) is 3.17. The lowest BCUT2D eigenvalue weighted by Crippen LogP contribution is -2.19. The Balaban J connectivity index is 1.59. The first-order chi connectivity index (χ1) is 13.7. The fourth-order valence-corrected chi connectivity index (χ4v) is 4.01. The summed E-state index contributed by atoms with van der Waals surface area (Å²) in [5, 5.41) is 7.95. The van der Waals surface area contributed by atoms with Gasteiger partial charge in [-0.05, 0) is 42.5 Å². The molecule has 1 unspecified atom stereocenters. The van der Waals surface area contributed by atoms with Crippen LogP contribution in [0, 0.1) is 5.41 Å². The number of nitrogens with two attached hydrogens (primary N) is 1. The van der Waals surface area contributed by atoms with Gasteiger partial charge in [-0.1, -0.05) is 37.6 Å². The number of nitrogens with one attached hydrogen (secondary N) is 1. The molecular weight excluding hydrogens is 386 g/mol. The molecule has 1 atom stereocenters. The van der Waals surface area contributed by atoms with Crippen molar-refractivity contribution in [2.24, 2.45) is 5.41 Å². The van der Waals surface area contributed by atoms with Crippen LogP contribution in [-0.4, -0.2) is 20.7 Å². The minimum Gasteiger partial charge on any atom is -0.399 e. The van der Waals surface area contributed by atoms with Gasteiger partial charge in [0, 0.05) is 35.2 Å². The summed E-state index contributed by atoms with van der Waals surface area (Å²) < 4.78 is 2.03. The number of fused-ring (bicyclic) bond motifs is 1. The molecule has 1 amide bonds. The van der Waals surface area contributed by atoms with Crippen molar-refractivity contribution >= 4 is 29.0 Å². The maximum Gasteiger partial charge on any atom is 0.232 e. The van der Waals surface area contributed by atoms with Gasteiger partial charge < -0.3 is 11.1 Å². The maximum absolute atomic E-state index is 12.7. The molecule has 150 valence electrons. The maximum atomic E-state index is 12.7. The molecule has 1 aromatic carbocycles. The Morgan fingerprint density at radius 3 is 2.83 bits per heavy atom. The van der Waals surface area contributed by atoms with Crippen molar-refractivity contribution in [3.8, 4) is 11.1 Å². The van der Waals surface area contributed by atoms with Gasteiger partial charge in [-0.25, -0.2) is 4.98 Å². The van der Waals surface area contributed by atoms with Gasteiger partial charge >= 0.3 is 0 Å². The number of nitrogens with zero attached hydrogens (tertiary/aromatic N) is 3. The van der Waals surface area contributed by atoms with E-state index in [0.29, 0.717) is 16.5 Å². The molecule has 0 saturated carbocycles. The molecular formula is C22H24ClN5O. The number of aromatic nitrogens is 3. The highest BCUT2D eigenvalue weighted by Gasteiger charge is 2.32. The Morgan fingerprint density at radius 2 is 2.07 bits per heavy atom. The molecule has 1 aliphatic rings. The fraction of sp³-hybridized carbons (Fsp3) is 0.318. The molecule has 0 aliphatic carbocycles. The van der Waals surface area contributed by atoms with E-state index in [1.54, 1.807) is 12.3 Å². The third-order valence-corrected chi connectivity index (χ3v) is 5.67. The van der Waals surface area contributed by atoms with Crippen molar-refractivity contribution in [3.63, 3.8) is 0 Å². The molecule has 6 nitrogen and oxygen atoms in total. The lowest BCUT2D eigenvalue weighted by Gasteiger charge is -2.15. The molecule has 3 heterocycles. The zero-order valence-corrected chi connectivity index (χ0v) is 17.5. The number of carbonyl (C=O) groups excluding carboxylic acids is 1. The third kappa shape index (κ3) is 3.85. The van der Waals surface area contributed by atoms with E-state index in [2.05, 4.69) is 29.2 Å². The van der Waals surface area contributed by atoms with Crippen LogP contribution in [0.3, 0.4) is 0 Å². The Bertz CT molecular complexity index is 1090. The predicted octanol–water partition coefficient (Wildman–Crippen LogP) is 4.51. The molecule has 0 fully saturated rings. The van der Waals surface area contributed by atoms with Gasteiger partial charge in [-0.15, -0.1) is 0 Å². The van der Waals surface area contributed by atoms with E-state index in [4.69, 9.17) is 17.3 Å². The number of hydrogen-bond donors (Lipinski definition) is 2. The molecule has 0 saturated heterocycles. The molecule has 7 heteroatoms. The number of rotatable bonds is 4. The number of benzene rings is 1. The summed E-state index contributed by atoms with van der Waals surface area (Å²) in [6, 6.07) is 9.15. The van der Waals surface area contributed by atoms with E-state index in [9.17, 15) is 4.79 Å². The van der Waals surface area contributed by atoms with Crippen LogP contribution in [-0.2, 0) is 17.8 Å². The van der Waals surface area contributed by atoms with Crippen LogP contribution in [0.4, 0.5) is 11.5 Å². The highest BCUT2D eigenvalue weighted by atomic mass is 35.5. The zero-order valence-electron chi connectivity index (χ0n) is 16.7. The number of nitrogen functional groups attached to an aromatic ring is 1. The van der Waals surface area contributed by atoms with Crippen LogP contribution >= 0.6 is 11.6 Å². The summed E-state index contributed by atoms with van der Waals surface area (Å²) in [6.07, 6.45) is 4.34. The van der Waals surface area contributed by atoms with E-state index < -0.39 is 0 Å². The Morgan fingerprint density at radius 1 is 1.28 bits per heavy atom. The van der Waals surface area contributed by atoms with Gasteiger partial charge in [0.05, 0.1) is 17.1 Å². The molecule has 0 radical (unpaired) electrons. The number of pyridine rings is 1. The van der Waals surface area contributed by atoms with Crippen LogP contribution in [0.2, 0.25) is 5.02 Å². The van der Waals surface area contributed by atoms with Gasteiger partial charge in [-0.2, -0.15) is 5.10 Å². The number of halogens is 1. The number of amides is 1. The predicted molar refractivity (Wildman–Crippen MR) is 116 cm³/mol. The summed E-state index contributed by atoms with van der Waals surface area (Å²) in [5.41, 5.74) is 10.5. The zero-order chi connectivity index (χ0) is 20.8. The van der Waals surface area contributed by atoms with Crippen molar-refractivity contribution < 1.29 is 4.79 Å². The third-order valence-electron chi connectivity index (χ3n) is 5.37. The lowest BCUT2D eigenvalue weighted by molar-refractivity contribution is -0.117. The number of anilines is 2. The Hall–Kier alpha value is -2.86. The summed E-state index contributed by atoms with van der Waals surface area (Å²) in [5.74, 6) is -0.0549. The summed E-state index contributed by atoms with van der Waals surface area (Å²) in [4.78, 5) is 17.0. The molecule has 4 rings (SSSR count). The second-order valence-corrected chi connectivity index (χ2v) is 8.84. The Kier molecular flexibility index (Phi) is 4.82. The van der Waals surface area contributed by atoms with Crippen LogP contribution in [0.25, 0.3) is 11.1 Å². The molecule has 29 heavy (non-hydrogen) atoms. The monoisotopic (exact) mass is 409 g/mol. The first kappa shape index (κ1) is 19.5. The van der Waals surface area contributed by atoms with Crippen LogP contribution in [0.1, 0.15) is 37.9 Å². The molecule has 3 aromatic rings. The van der Waals surface area contributed by atoms with Crippen LogP contribution in [0.15, 0.2) is 42.7 Å². The van der Waals surface area contributed by atoms with Gasteiger partial charge in [0.1, 0.15) is 5.82 Å². The highest BCUT2D eigenvalue weighted by Crippen LogP contribution is 2.39. The van der Waals surface area contributed by atoms with E-state index in [1.807, 2.05) is 42.1 Å². The minimum absolute atomic E-state index is 0.155. The van der Waals surface area contributed by atoms with E-state index in [1.165, 1.54) is 0 Å². The molecule has 3 N–H and O–H groups in total. The first-order valence-corrected chi connectivity index (χ1v) is 9.98. The van der Waals surface area contributed by atoms with E-state index >= 15 is 0 Å². The molecule has 0 bridgehead atoms. The quantitative estimate of drug-likeness (QED) is 0.621. The van der Waals surface area contributed by atoms with Crippen molar-refractivity contribution in [2.45, 2.75) is 39.7 Å². The van der Waals surface area contributed by atoms with E-state index in [0.717, 1.165) is 35.3 Å². The van der Waals surface area contributed by atoms with Gasteiger partial charge in [0.25, 0.3) is 0 Å². The Labute approximate surface area is 175 Å². The van der Waals surface area contributed by atoms with Gasteiger partial charge in [0.15, 0.2) is 0 Å². The second-order valence-electron chi connectivity index (χ2n) is 8.43. The van der Waals surface area contributed by atoms with Gasteiger partial charge in [-0.3, -0.25) is 9.48 Å². The van der Waals surface area contributed by atoms with Crippen LogP contribution in [0.5, 0.6) is 0 Å². The number of hydrogen-bond acceptors (Lipinski definition) is 4. The molecule has 1 aliphatic heterocycles. The fourth-order valence-electron chi connectivity index (χ4n) is 3.80. The first-order valence-electron chi connectivity index (χ1n) is 9.60. The molecule has 2 aromatic heterocycles. The van der Waals surface area contributed by atoms with Crippen LogP contribution < -0.4 is 11.1 Å². The van der Waals surface area contributed by atoms with Crippen molar-refractivity contribution in [2.75, 3.05) is 11.1 Å². The topological polar surface area (TPSA) is 85.8 Å². The summed E-state index contributed by atoms with van der Waals surface area (Å²) in [6.45, 7) is 7.17. The summed E-state index contributed by atoms with van der Waals surface area (Å²) in [7, 11) is 0. The van der Waals surface area contributed by atoms with Crippen molar-refractivity contribution in [1.82, 2.24) is 14.8 Å². The second kappa shape index (κ2) is 7.19. The smallest absolute Gasteiger partial charge is 0.232 e. The highest BCUT2D eigenvalue weighted by molar-refractivity contribution is 6.33. The largest absolute Gasteiger partial charge is 0.399 e. The normalized spacial score (nSPS) is 15.7. The lowest BCUT2D eigenvalue weighted by atomic mass is 9.89. The molecule has 0 spiro atoms. The average molecular weight is 410 g/mol. The van der Waals surface area contributed by atoms with Crippen molar-refractivity contribution in [1.29, 1.82) is 0 Å². The summed E-state index contributed by atoms with van der Waals surface area (Å²) >= 11 is 6.45. The number of carbonyl (C=O) groups is 1. The van der Waals surface area contributed by atoms with Gasteiger partial charge in [0.2, 0.25) is 5.91 Å². The van der Waals surface area contributed by atoms with Crippen molar-refractivity contribution in [3.05, 3.63) is 59.0 Å². The minimum atomic E-state index is -0.361. The SMILES string of the molecule is CC(C(=O)Nc1cc(-c2cnn3c2CC(C)(C)C3)c(Cl)cn1)c1cccc(N)c1.